The summed E-state index contributed by atoms with van der Waals surface area (Å²) in [6, 6.07) is 0. The lowest BCUT2D eigenvalue weighted by molar-refractivity contribution is -0.212. The molecule has 0 spiro atoms. The van der Waals surface area contributed by atoms with Crippen molar-refractivity contribution in [3.63, 3.8) is 0 Å². The Labute approximate surface area is 65.7 Å². The highest BCUT2D eigenvalue weighted by atomic mass is 16.6. The molecule has 3 unspecified atom stereocenters. The molecule has 0 radical (unpaired) electrons. The molecule has 0 aliphatic carbocycles. The maximum Gasteiger partial charge on any atom is 0.118 e. The Morgan fingerprint density at radius 1 is 1.55 bits per heavy atom. The van der Waals surface area contributed by atoms with E-state index < -0.39 is 17.8 Å². The van der Waals surface area contributed by atoms with Crippen LogP contribution in [0.15, 0.2) is 0 Å². The quantitative estimate of drug-likeness (QED) is 0.527. The van der Waals surface area contributed by atoms with E-state index in [4.69, 9.17) is 9.47 Å². The molecule has 4 heteroatoms. The van der Waals surface area contributed by atoms with Gasteiger partial charge in [0.15, 0.2) is 0 Å². The van der Waals surface area contributed by atoms with Crippen molar-refractivity contribution in [1.82, 2.24) is 0 Å². The molecule has 2 N–H and O–H groups in total. The third-order valence-corrected chi connectivity index (χ3v) is 2.16. The van der Waals surface area contributed by atoms with Crippen LogP contribution in [0.25, 0.3) is 0 Å². The fourth-order valence-corrected chi connectivity index (χ4v) is 1.15. The molecule has 4 nitrogen and oxygen atoms in total. The van der Waals surface area contributed by atoms with Gasteiger partial charge in [-0.1, -0.05) is 0 Å². The fourth-order valence-electron chi connectivity index (χ4n) is 1.15. The van der Waals surface area contributed by atoms with Crippen molar-refractivity contribution < 1.29 is 19.7 Å². The minimum Gasteiger partial charge on any atom is -0.388 e. The van der Waals surface area contributed by atoms with E-state index >= 15 is 0 Å². The van der Waals surface area contributed by atoms with Gasteiger partial charge >= 0.3 is 0 Å². The molecule has 1 rings (SSSR count). The highest BCUT2D eigenvalue weighted by Crippen LogP contribution is 2.22. The molecule has 0 aromatic heterocycles. The number of rotatable bonds is 1. The van der Waals surface area contributed by atoms with Gasteiger partial charge in [0.1, 0.15) is 17.8 Å². The first-order chi connectivity index (χ1) is 5.09. The van der Waals surface area contributed by atoms with Crippen molar-refractivity contribution in [2.24, 2.45) is 0 Å². The third-order valence-electron chi connectivity index (χ3n) is 2.16. The normalized spacial score (nSPS) is 45.8. The summed E-state index contributed by atoms with van der Waals surface area (Å²) in [5.74, 6) is 0. The molecule has 66 valence electrons. The summed E-state index contributed by atoms with van der Waals surface area (Å²) in [4.78, 5) is 0. The van der Waals surface area contributed by atoms with Gasteiger partial charge in [-0.15, -0.1) is 0 Å². The first-order valence-corrected chi connectivity index (χ1v) is 3.60. The van der Waals surface area contributed by atoms with Crippen molar-refractivity contribution >= 4 is 0 Å². The number of aliphatic hydroxyl groups is 2. The predicted molar refractivity (Wildman–Crippen MR) is 38.2 cm³/mol. The second-order valence-electron chi connectivity index (χ2n) is 3.00. The molecule has 3 atom stereocenters. The molecule has 0 aromatic carbocycles. The lowest BCUT2D eigenvalue weighted by atomic mass is 9.91. The molecule has 11 heavy (non-hydrogen) atoms. The standard InChI is InChI=1S/C7H14O4/c1-7(9)5(8)3-11-4-6(7)10-2/h5-6,8-9H,3-4H2,1-2H3. The molecule has 1 saturated heterocycles. The zero-order chi connectivity index (χ0) is 8.48. The van der Waals surface area contributed by atoms with E-state index in [-0.39, 0.29) is 6.61 Å². The molecular formula is C7H14O4. The van der Waals surface area contributed by atoms with Crippen molar-refractivity contribution in [3.8, 4) is 0 Å². The fraction of sp³-hybridized carbons (Fsp3) is 1.00. The van der Waals surface area contributed by atoms with Gasteiger partial charge in [-0.3, -0.25) is 0 Å². The van der Waals surface area contributed by atoms with Gasteiger partial charge in [0.25, 0.3) is 0 Å². The average molecular weight is 162 g/mol. The van der Waals surface area contributed by atoms with Crippen molar-refractivity contribution in [2.75, 3.05) is 20.3 Å². The van der Waals surface area contributed by atoms with E-state index in [2.05, 4.69) is 0 Å². The second-order valence-corrected chi connectivity index (χ2v) is 3.00. The van der Waals surface area contributed by atoms with Crippen molar-refractivity contribution in [2.45, 2.75) is 24.7 Å². The topological polar surface area (TPSA) is 58.9 Å². The van der Waals surface area contributed by atoms with Crippen LogP contribution in [-0.2, 0) is 9.47 Å². The van der Waals surface area contributed by atoms with Crippen LogP contribution in [0.1, 0.15) is 6.92 Å². The molecular weight excluding hydrogens is 148 g/mol. The number of hydrogen-bond acceptors (Lipinski definition) is 4. The summed E-state index contributed by atoms with van der Waals surface area (Å²) in [5.41, 5.74) is -1.19. The molecule has 0 bridgehead atoms. The van der Waals surface area contributed by atoms with E-state index in [1.165, 1.54) is 7.11 Å². The van der Waals surface area contributed by atoms with E-state index in [1.807, 2.05) is 0 Å². The second kappa shape index (κ2) is 3.06. The van der Waals surface area contributed by atoms with Gasteiger partial charge in [0, 0.05) is 7.11 Å². The smallest absolute Gasteiger partial charge is 0.118 e. The molecule has 0 amide bonds. The zero-order valence-corrected chi connectivity index (χ0v) is 6.78. The lowest BCUT2D eigenvalue weighted by Gasteiger charge is -2.39. The molecule has 1 heterocycles. The van der Waals surface area contributed by atoms with Crippen LogP contribution in [0.5, 0.6) is 0 Å². The Kier molecular flexibility index (Phi) is 2.49. The van der Waals surface area contributed by atoms with Crippen LogP contribution in [-0.4, -0.2) is 48.3 Å². The molecule has 0 saturated carbocycles. The monoisotopic (exact) mass is 162 g/mol. The van der Waals surface area contributed by atoms with Crippen molar-refractivity contribution in [3.05, 3.63) is 0 Å². The van der Waals surface area contributed by atoms with E-state index in [0.717, 1.165) is 0 Å². The number of methoxy groups -OCH3 is 1. The van der Waals surface area contributed by atoms with Gasteiger partial charge in [0.05, 0.1) is 13.2 Å². The Balaban J connectivity index is 2.64. The van der Waals surface area contributed by atoms with Crippen LogP contribution < -0.4 is 0 Å². The first kappa shape index (κ1) is 8.93. The minimum atomic E-state index is -1.19. The Hall–Kier alpha value is -0.160. The Bertz CT molecular complexity index is 134. The molecule has 0 aromatic rings. The van der Waals surface area contributed by atoms with Gasteiger partial charge in [-0.2, -0.15) is 0 Å². The maximum atomic E-state index is 9.65. The third kappa shape index (κ3) is 1.54. The zero-order valence-electron chi connectivity index (χ0n) is 6.78. The van der Waals surface area contributed by atoms with Gasteiger partial charge in [0.2, 0.25) is 0 Å². The largest absolute Gasteiger partial charge is 0.388 e. The summed E-state index contributed by atoms with van der Waals surface area (Å²) >= 11 is 0. The summed E-state index contributed by atoms with van der Waals surface area (Å²) in [7, 11) is 1.49. The van der Waals surface area contributed by atoms with Crippen LogP contribution in [0.4, 0.5) is 0 Å². The Morgan fingerprint density at radius 3 is 2.64 bits per heavy atom. The highest BCUT2D eigenvalue weighted by molar-refractivity contribution is 4.92. The summed E-state index contributed by atoms with van der Waals surface area (Å²) in [6.07, 6.45) is -1.30. The number of hydrogen-bond donors (Lipinski definition) is 2. The maximum absolute atomic E-state index is 9.65. The summed E-state index contributed by atoms with van der Waals surface area (Å²) in [5, 5.41) is 18.9. The van der Waals surface area contributed by atoms with Crippen LogP contribution in [0.3, 0.4) is 0 Å². The molecule has 1 aliphatic rings. The van der Waals surface area contributed by atoms with Crippen molar-refractivity contribution in [1.29, 1.82) is 0 Å². The Morgan fingerprint density at radius 2 is 2.18 bits per heavy atom. The summed E-state index contributed by atoms with van der Waals surface area (Å²) in [6.45, 7) is 2.06. The van der Waals surface area contributed by atoms with Crippen LogP contribution >= 0.6 is 0 Å². The average Bonchev–Trinajstić information content (AvgIpc) is 1.95. The van der Waals surface area contributed by atoms with Gasteiger partial charge in [-0.25, -0.2) is 0 Å². The SMILES string of the molecule is COC1COCC(O)C1(C)O. The number of aliphatic hydroxyl groups excluding tert-OH is 1. The lowest BCUT2D eigenvalue weighted by Crippen LogP contribution is -2.57. The minimum absolute atomic E-state index is 0.173. The van der Waals surface area contributed by atoms with E-state index in [9.17, 15) is 10.2 Å². The van der Waals surface area contributed by atoms with Gasteiger partial charge < -0.3 is 19.7 Å². The molecule has 1 aliphatic heterocycles. The van der Waals surface area contributed by atoms with Gasteiger partial charge in [-0.05, 0) is 6.92 Å². The van der Waals surface area contributed by atoms with Crippen LogP contribution in [0.2, 0.25) is 0 Å². The first-order valence-electron chi connectivity index (χ1n) is 3.60. The predicted octanol–water partition coefficient (Wildman–Crippen LogP) is -0.857. The van der Waals surface area contributed by atoms with E-state index in [0.29, 0.717) is 6.61 Å². The number of ether oxygens (including phenoxy) is 2. The molecule has 1 fully saturated rings. The summed E-state index contributed by atoms with van der Waals surface area (Å²) < 4.78 is 9.93. The van der Waals surface area contributed by atoms with Crippen LogP contribution in [0, 0.1) is 0 Å². The van der Waals surface area contributed by atoms with E-state index in [1.54, 1.807) is 6.92 Å². The highest BCUT2D eigenvalue weighted by Gasteiger charge is 2.42.